The minimum atomic E-state index is 0.860. The van der Waals surface area contributed by atoms with Crippen LogP contribution in [0.4, 0.5) is 0 Å². The fourth-order valence-corrected chi connectivity index (χ4v) is 1.00. The SMILES string of the molecule is C/C=C\c1nc(C)ccc1C=N. The summed E-state index contributed by atoms with van der Waals surface area (Å²) in [5.41, 5.74) is 2.71. The Morgan fingerprint density at radius 3 is 2.75 bits per heavy atom. The second-order valence-electron chi connectivity index (χ2n) is 2.57. The zero-order valence-corrected chi connectivity index (χ0v) is 7.33. The average molecular weight is 160 g/mol. The van der Waals surface area contributed by atoms with Gasteiger partial charge in [0.25, 0.3) is 0 Å². The summed E-state index contributed by atoms with van der Waals surface area (Å²) < 4.78 is 0. The quantitative estimate of drug-likeness (QED) is 0.663. The molecule has 1 N–H and O–H groups in total. The molecule has 0 radical (unpaired) electrons. The molecule has 0 aliphatic rings. The summed E-state index contributed by atoms with van der Waals surface area (Å²) in [7, 11) is 0. The summed E-state index contributed by atoms with van der Waals surface area (Å²) in [4.78, 5) is 4.30. The van der Waals surface area contributed by atoms with Gasteiger partial charge in [0, 0.05) is 17.5 Å². The van der Waals surface area contributed by atoms with Crippen molar-refractivity contribution in [3.8, 4) is 0 Å². The maximum Gasteiger partial charge on any atom is 0.0717 e. The van der Waals surface area contributed by atoms with Gasteiger partial charge in [0.15, 0.2) is 0 Å². The molecule has 0 unspecified atom stereocenters. The molecule has 0 spiro atoms. The second kappa shape index (κ2) is 3.81. The third kappa shape index (κ3) is 1.78. The van der Waals surface area contributed by atoms with Crippen LogP contribution in [-0.2, 0) is 0 Å². The molecule has 0 aromatic carbocycles. The highest BCUT2D eigenvalue weighted by atomic mass is 14.7. The van der Waals surface area contributed by atoms with Gasteiger partial charge in [-0.3, -0.25) is 4.98 Å². The Labute approximate surface area is 72.5 Å². The van der Waals surface area contributed by atoms with Crippen LogP contribution in [0.15, 0.2) is 18.2 Å². The van der Waals surface area contributed by atoms with E-state index in [0.29, 0.717) is 0 Å². The first kappa shape index (κ1) is 8.65. The number of nitrogens with zero attached hydrogens (tertiary/aromatic N) is 1. The van der Waals surface area contributed by atoms with E-state index >= 15 is 0 Å². The first-order chi connectivity index (χ1) is 5.77. The number of aromatic nitrogens is 1. The topological polar surface area (TPSA) is 36.7 Å². The van der Waals surface area contributed by atoms with Crippen LogP contribution in [0.5, 0.6) is 0 Å². The minimum Gasteiger partial charge on any atom is -0.308 e. The maximum atomic E-state index is 7.13. The summed E-state index contributed by atoms with van der Waals surface area (Å²) >= 11 is 0. The Bertz CT molecular complexity index is 314. The largest absolute Gasteiger partial charge is 0.308 e. The van der Waals surface area contributed by atoms with Crippen molar-refractivity contribution in [3.05, 3.63) is 35.2 Å². The summed E-state index contributed by atoms with van der Waals surface area (Å²) in [5, 5.41) is 7.13. The van der Waals surface area contributed by atoms with Crippen LogP contribution in [0.25, 0.3) is 6.08 Å². The van der Waals surface area contributed by atoms with E-state index in [-0.39, 0.29) is 0 Å². The lowest BCUT2D eigenvalue weighted by Crippen LogP contribution is -1.92. The van der Waals surface area contributed by atoms with Crippen molar-refractivity contribution in [1.82, 2.24) is 4.98 Å². The molecule has 2 heteroatoms. The number of hydrogen-bond donors (Lipinski definition) is 1. The van der Waals surface area contributed by atoms with E-state index < -0.39 is 0 Å². The summed E-state index contributed by atoms with van der Waals surface area (Å²) in [6.07, 6.45) is 5.16. The summed E-state index contributed by atoms with van der Waals surface area (Å²) in [6, 6.07) is 3.82. The normalized spacial score (nSPS) is 10.5. The molecule has 12 heavy (non-hydrogen) atoms. The van der Waals surface area contributed by atoms with E-state index in [2.05, 4.69) is 4.98 Å². The van der Waals surface area contributed by atoms with Crippen molar-refractivity contribution in [2.24, 2.45) is 0 Å². The van der Waals surface area contributed by atoms with Crippen molar-refractivity contribution < 1.29 is 0 Å². The molecule has 1 aromatic heterocycles. The molecule has 1 aromatic rings. The lowest BCUT2D eigenvalue weighted by Gasteiger charge is -1.99. The first-order valence-corrected chi connectivity index (χ1v) is 3.88. The molecule has 0 atom stereocenters. The Morgan fingerprint density at radius 2 is 2.17 bits per heavy atom. The highest BCUT2D eigenvalue weighted by Gasteiger charge is 1.96. The van der Waals surface area contributed by atoms with Gasteiger partial charge in [0.1, 0.15) is 0 Å². The molecule has 0 aliphatic heterocycles. The van der Waals surface area contributed by atoms with E-state index in [0.717, 1.165) is 17.0 Å². The van der Waals surface area contributed by atoms with Gasteiger partial charge in [-0.05, 0) is 32.1 Å². The maximum absolute atomic E-state index is 7.13. The average Bonchev–Trinajstić information content (AvgIpc) is 2.05. The smallest absolute Gasteiger partial charge is 0.0717 e. The number of rotatable bonds is 2. The Balaban J connectivity index is 3.20. The minimum absolute atomic E-state index is 0.860. The van der Waals surface area contributed by atoms with Crippen LogP contribution >= 0.6 is 0 Å². The molecule has 0 fully saturated rings. The molecule has 0 amide bonds. The molecule has 0 aliphatic carbocycles. The van der Waals surface area contributed by atoms with Gasteiger partial charge in [-0.1, -0.05) is 6.08 Å². The zero-order valence-electron chi connectivity index (χ0n) is 7.33. The van der Waals surface area contributed by atoms with Crippen molar-refractivity contribution in [1.29, 1.82) is 5.41 Å². The lowest BCUT2D eigenvalue weighted by molar-refractivity contribution is 1.17. The molecule has 1 heterocycles. The van der Waals surface area contributed by atoms with Gasteiger partial charge >= 0.3 is 0 Å². The number of aryl methyl sites for hydroxylation is 1. The zero-order chi connectivity index (χ0) is 8.97. The Kier molecular flexibility index (Phi) is 2.75. The van der Waals surface area contributed by atoms with Gasteiger partial charge in [-0.2, -0.15) is 0 Å². The van der Waals surface area contributed by atoms with Crippen LogP contribution in [0, 0.1) is 12.3 Å². The molecule has 62 valence electrons. The van der Waals surface area contributed by atoms with E-state index in [4.69, 9.17) is 5.41 Å². The molecule has 1 rings (SSSR count). The predicted molar refractivity (Wildman–Crippen MR) is 51.6 cm³/mol. The monoisotopic (exact) mass is 160 g/mol. The molecular formula is C10H12N2. The molecule has 0 saturated carbocycles. The first-order valence-electron chi connectivity index (χ1n) is 3.88. The lowest BCUT2D eigenvalue weighted by atomic mass is 10.2. The Morgan fingerprint density at radius 1 is 1.42 bits per heavy atom. The standard InChI is InChI=1S/C10H12N2/c1-3-4-10-9(7-11)6-5-8(2)12-10/h3-7,11H,1-2H3/b4-3-,11-7?. The van der Waals surface area contributed by atoms with E-state index in [1.807, 2.05) is 38.1 Å². The third-order valence-corrected chi connectivity index (χ3v) is 1.58. The van der Waals surface area contributed by atoms with Gasteiger partial charge in [0.2, 0.25) is 0 Å². The molecule has 0 bridgehead atoms. The van der Waals surface area contributed by atoms with Gasteiger partial charge in [-0.25, -0.2) is 0 Å². The van der Waals surface area contributed by atoms with Crippen molar-refractivity contribution in [2.45, 2.75) is 13.8 Å². The number of allylic oxidation sites excluding steroid dienone is 1. The highest BCUT2D eigenvalue weighted by Crippen LogP contribution is 2.06. The summed E-state index contributed by atoms with van der Waals surface area (Å²) in [5.74, 6) is 0. The van der Waals surface area contributed by atoms with E-state index in [1.165, 1.54) is 6.21 Å². The molecular weight excluding hydrogens is 148 g/mol. The van der Waals surface area contributed by atoms with E-state index in [1.54, 1.807) is 0 Å². The molecule has 2 nitrogen and oxygen atoms in total. The highest BCUT2D eigenvalue weighted by molar-refractivity contribution is 5.82. The van der Waals surface area contributed by atoms with Crippen LogP contribution in [-0.4, -0.2) is 11.2 Å². The van der Waals surface area contributed by atoms with Gasteiger partial charge in [-0.15, -0.1) is 0 Å². The third-order valence-electron chi connectivity index (χ3n) is 1.58. The predicted octanol–water partition coefficient (Wildman–Crippen LogP) is 2.42. The van der Waals surface area contributed by atoms with E-state index in [9.17, 15) is 0 Å². The van der Waals surface area contributed by atoms with Crippen LogP contribution in [0.1, 0.15) is 23.9 Å². The van der Waals surface area contributed by atoms with Crippen LogP contribution < -0.4 is 0 Å². The van der Waals surface area contributed by atoms with Gasteiger partial charge in [0.05, 0.1) is 5.69 Å². The summed E-state index contributed by atoms with van der Waals surface area (Å²) in [6.45, 7) is 3.89. The van der Waals surface area contributed by atoms with Crippen LogP contribution in [0.3, 0.4) is 0 Å². The van der Waals surface area contributed by atoms with Crippen molar-refractivity contribution in [3.63, 3.8) is 0 Å². The van der Waals surface area contributed by atoms with Gasteiger partial charge < -0.3 is 5.41 Å². The van der Waals surface area contributed by atoms with Crippen molar-refractivity contribution >= 4 is 12.3 Å². The number of pyridine rings is 1. The Hall–Kier alpha value is -1.44. The van der Waals surface area contributed by atoms with Crippen LogP contribution in [0.2, 0.25) is 0 Å². The molecule has 0 saturated heterocycles. The fourth-order valence-electron chi connectivity index (χ4n) is 1.00. The number of hydrogen-bond acceptors (Lipinski definition) is 2. The number of nitrogens with one attached hydrogen (secondary N) is 1. The second-order valence-corrected chi connectivity index (χ2v) is 2.57. The van der Waals surface area contributed by atoms with Crippen molar-refractivity contribution in [2.75, 3.05) is 0 Å². The fraction of sp³-hybridized carbons (Fsp3) is 0.200.